The number of furan rings is 1. The second-order valence-corrected chi connectivity index (χ2v) is 2.56. The minimum atomic E-state index is -0.301. The molecule has 0 saturated carbocycles. The highest BCUT2D eigenvalue weighted by atomic mass is 35.5. The SMILES string of the molecule is CC(O)CNCc1ccco1.Cl. The summed E-state index contributed by atoms with van der Waals surface area (Å²) in [5.74, 6) is 0.894. The number of aliphatic hydroxyl groups is 1. The summed E-state index contributed by atoms with van der Waals surface area (Å²) < 4.78 is 5.07. The van der Waals surface area contributed by atoms with E-state index < -0.39 is 0 Å². The molecule has 0 spiro atoms. The van der Waals surface area contributed by atoms with Crippen LogP contribution in [0.15, 0.2) is 22.8 Å². The Bertz CT molecular complexity index is 187. The van der Waals surface area contributed by atoms with Gasteiger partial charge in [-0.3, -0.25) is 0 Å². The molecular formula is C8H14ClNO2. The Balaban J connectivity index is 0.00000121. The van der Waals surface area contributed by atoms with Crippen LogP contribution in [0.2, 0.25) is 0 Å². The number of nitrogens with one attached hydrogen (secondary N) is 1. The third kappa shape index (κ3) is 4.38. The van der Waals surface area contributed by atoms with Crippen LogP contribution in [-0.4, -0.2) is 17.8 Å². The Morgan fingerprint density at radius 1 is 1.67 bits per heavy atom. The topological polar surface area (TPSA) is 45.4 Å². The van der Waals surface area contributed by atoms with Crippen LogP contribution in [0, 0.1) is 0 Å². The van der Waals surface area contributed by atoms with E-state index in [4.69, 9.17) is 9.52 Å². The van der Waals surface area contributed by atoms with Gasteiger partial charge in [0.05, 0.1) is 18.9 Å². The number of hydrogen-bond acceptors (Lipinski definition) is 3. The lowest BCUT2D eigenvalue weighted by Gasteiger charge is -2.03. The van der Waals surface area contributed by atoms with Crippen molar-refractivity contribution in [2.75, 3.05) is 6.54 Å². The lowest BCUT2D eigenvalue weighted by Crippen LogP contribution is -2.23. The second kappa shape index (κ2) is 6.06. The highest BCUT2D eigenvalue weighted by Crippen LogP contribution is 1.97. The maximum Gasteiger partial charge on any atom is 0.117 e. The first-order chi connectivity index (χ1) is 5.29. The Labute approximate surface area is 78.2 Å². The minimum Gasteiger partial charge on any atom is -0.468 e. The number of rotatable bonds is 4. The molecule has 1 atom stereocenters. The van der Waals surface area contributed by atoms with Gasteiger partial charge in [0.2, 0.25) is 0 Å². The highest BCUT2D eigenvalue weighted by molar-refractivity contribution is 5.85. The summed E-state index contributed by atoms with van der Waals surface area (Å²) in [5.41, 5.74) is 0. The van der Waals surface area contributed by atoms with Crippen molar-refractivity contribution >= 4 is 12.4 Å². The number of halogens is 1. The van der Waals surface area contributed by atoms with Crippen molar-refractivity contribution in [1.82, 2.24) is 5.32 Å². The predicted octanol–water partition coefficient (Wildman–Crippen LogP) is 1.17. The molecule has 0 radical (unpaired) electrons. The largest absolute Gasteiger partial charge is 0.468 e. The Hall–Kier alpha value is -0.510. The molecule has 1 unspecified atom stereocenters. The summed E-state index contributed by atoms with van der Waals surface area (Å²) in [7, 11) is 0. The first kappa shape index (κ1) is 11.5. The molecule has 2 N–H and O–H groups in total. The zero-order valence-corrected chi connectivity index (χ0v) is 7.80. The van der Waals surface area contributed by atoms with Crippen LogP contribution in [0.4, 0.5) is 0 Å². The van der Waals surface area contributed by atoms with Gasteiger partial charge in [-0.25, -0.2) is 0 Å². The molecule has 3 nitrogen and oxygen atoms in total. The lowest BCUT2D eigenvalue weighted by atomic mass is 10.4. The van der Waals surface area contributed by atoms with Crippen LogP contribution in [0.25, 0.3) is 0 Å². The predicted molar refractivity (Wildman–Crippen MR) is 49.3 cm³/mol. The van der Waals surface area contributed by atoms with Gasteiger partial charge in [0, 0.05) is 6.54 Å². The van der Waals surface area contributed by atoms with Crippen LogP contribution >= 0.6 is 12.4 Å². The van der Waals surface area contributed by atoms with Crippen molar-refractivity contribution in [3.63, 3.8) is 0 Å². The van der Waals surface area contributed by atoms with Gasteiger partial charge in [0.15, 0.2) is 0 Å². The van der Waals surface area contributed by atoms with Gasteiger partial charge in [0.1, 0.15) is 5.76 Å². The molecule has 1 rings (SSSR count). The van der Waals surface area contributed by atoms with Gasteiger partial charge >= 0.3 is 0 Å². The zero-order valence-electron chi connectivity index (χ0n) is 6.99. The van der Waals surface area contributed by atoms with E-state index in [9.17, 15) is 0 Å². The van der Waals surface area contributed by atoms with Gasteiger partial charge in [-0.05, 0) is 19.1 Å². The number of aliphatic hydroxyl groups excluding tert-OH is 1. The summed E-state index contributed by atoms with van der Waals surface area (Å²) in [6, 6.07) is 3.74. The number of hydrogen-bond donors (Lipinski definition) is 2. The van der Waals surface area contributed by atoms with Gasteiger partial charge in [0.25, 0.3) is 0 Å². The van der Waals surface area contributed by atoms with Crippen molar-refractivity contribution in [1.29, 1.82) is 0 Å². The maximum atomic E-state index is 8.89. The van der Waals surface area contributed by atoms with Crippen LogP contribution in [0.5, 0.6) is 0 Å². The summed E-state index contributed by atoms with van der Waals surface area (Å²) in [4.78, 5) is 0. The van der Waals surface area contributed by atoms with E-state index in [-0.39, 0.29) is 18.5 Å². The Kier molecular flexibility index (Phi) is 5.80. The zero-order chi connectivity index (χ0) is 8.10. The fourth-order valence-corrected chi connectivity index (χ4v) is 0.817. The summed E-state index contributed by atoms with van der Waals surface area (Å²) in [5, 5.41) is 11.9. The molecule has 0 aliphatic heterocycles. The normalized spacial score (nSPS) is 12.2. The van der Waals surface area contributed by atoms with E-state index in [0.29, 0.717) is 13.1 Å². The molecular weight excluding hydrogens is 178 g/mol. The van der Waals surface area contributed by atoms with Crippen molar-refractivity contribution in [3.8, 4) is 0 Å². The summed E-state index contributed by atoms with van der Waals surface area (Å²) in [6.07, 6.45) is 1.34. The van der Waals surface area contributed by atoms with Gasteiger partial charge in [-0.15, -0.1) is 12.4 Å². The molecule has 0 amide bonds. The molecule has 0 aromatic carbocycles. The smallest absolute Gasteiger partial charge is 0.117 e. The van der Waals surface area contributed by atoms with Crippen LogP contribution < -0.4 is 5.32 Å². The highest BCUT2D eigenvalue weighted by Gasteiger charge is 1.96. The second-order valence-electron chi connectivity index (χ2n) is 2.56. The van der Waals surface area contributed by atoms with E-state index in [1.54, 1.807) is 13.2 Å². The van der Waals surface area contributed by atoms with E-state index in [2.05, 4.69) is 5.32 Å². The quantitative estimate of drug-likeness (QED) is 0.751. The van der Waals surface area contributed by atoms with Gasteiger partial charge < -0.3 is 14.8 Å². The van der Waals surface area contributed by atoms with E-state index in [0.717, 1.165) is 5.76 Å². The minimum absolute atomic E-state index is 0. The monoisotopic (exact) mass is 191 g/mol. The molecule has 0 fully saturated rings. The summed E-state index contributed by atoms with van der Waals surface area (Å²) >= 11 is 0. The molecule has 1 heterocycles. The molecule has 0 aliphatic rings. The fraction of sp³-hybridized carbons (Fsp3) is 0.500. The average Bonchev–Trinajstić information content (AvgIpc) is 2.39. The Morgan fingerprint density at radius 3 is 2.92 bits per heavy atom. The van der Waals surface area contributed by atoms with Crippen LogP contribution in [0.3, 0.4) is 0 Å². The molecule has 0 aliphatic carbocycles. The molecule has 0 bridgehead atoms. The van der Waals surface area contributed by atoms with Gasteiger partial charge in [-0.2, -0.15) is 0 Å². The first-order valence-electron chi connectivity index (χ1n) is 3.70. The van der Waals surface area contributed by atoms with Crippen molar-refractivity contribution in [2.45, 2.75) is 19.6 Å². The fourth-order valence-electron chi connectivity index (χ4n) is 0.817. The van der Waals surface area contributed by atoms with Crippen molar-refractivity contribution < 1.29 is 9.52 Å². The van der Waals surface area contributed by atoms with Gasteiger partial charge in [-0.1, -0.05) is 0 Å². The van der Waals surface area contributed by atoms with E-state index >= 15 is 0 Å². The lowest BCUT2D eigenvalue weighted by molar-refractivity contribution is 0.190. The van der Waals surface area contributed by atoms with Crippen molar-refractivity contribution in [3.05, 3.63) is 24.2 Å². The molecule has 1 aromatic heterocycles. The third-order valence-electron chi connectivity index (χ3n) is 1.32. The Morgan fingerprint density at radius 2 is 2.42 bits per heavy atom. The van der Waals surface area contributed by atoms with Crippen LogP contribution in [0.1, 0.15) is 12.7 Å². The maximum absolute atomic E-state index is 8.89. The standard InChI is InChI=1S/C8H13NO2.ClH/c1-7(10)5-9-6-8-3-2-4-11-8;/h2-4,7,9-10H,5-6H2,1H3;1H. The molecule has 4 heteroatoms. The molecule has 0 saturated heterocycles. The summed E-state index contributed by atoms with van der Waals surface area (Å²) in [6.45, 7) is 3.02. The van der Waals surface area contributed by atoms with E-state index in [1.807, 2.05) is 12.1 Å². The van der Waals surface area contributed by atoms with Crippen molar-refractivity contribution in [2.24, 2.45) is 0 Å². The molecule has 1 aromatic rings. The molecule has 12 heavy (non-hydrogen) atoms. The third-order valence-corrected chi connectivity index (χ3v) is 1.32. The first-order valence-corrected chi connectivity index (χ1v) is 3.70. The van der Waals surface area contributed by atoms with Crippen LogP contribution in [-0.2, 0) is 6.54 Å². The average molecular weight is 192 g/mol. The molecule has 70 valence electrons. The van der Waals surface area contributed by atoms with E-state index in [1.165, 1.54) is 0 Å².